The lowest BCUT2D eigenvalue weighted by Crippen LogP contribution is -2.30. The molecule has 0 rings (SSSR count). The van der Waals surface area contributed by atoms with Crippen molar-refractivity contribution < 1.29 is 18.8 Å². The van der Waals surface area contributed by atoms with Crippen molar-refractivity contribution >= 4 is 16.8 Å². The summed E-state index contributed by atoms with van der Waals surface area (Å²) in [5.74, 6) is 0.271. The van der Waals surface area contributed by atoms with Gasteiger partial charge >= 0.3 is 5.97 Å². The van der Waals surface area contributed by atoms with Crippen LogP contribution in [0.1, 0.15) is 19.8 Å². The van der Waals surface area contributed by atoms with Crippen molar-refractivity contribution in [1.82, 2.24) is 5.32 Å². The molecule has 0 aromatic carbocycles. The van der Waals surface area contributed by atoms with Gasteiger partial charge in [-0.05, 0) is 19.9 Å². The first-order chi connectivity index (χ1) is 7.56. The van der Waals surface area contributed by atoms with Crippen molar-refractivity contribution in [2.24, 2.45) is 0 Å². The molecule has 5 nitrogen and oxygen atoms in total. The van der Waals surface area contributed by atoms with E-state index in [0.717, 1.165) is 6.42 Å². The molecule has 0 amide bonds. The maximum atomic E-state index is 11.0. The van der Waals surface area contributed by atoms with Crippen LogP contribution in [0.25, 0.3) is 0 Å². The molecule has 0 fully saturated rings. The first-order valence-electron chi connectivity index (χ1n) is 5.40. The van der Waals surface area contributed by atoms with Crippen LogP contribution in [-0.2, 0) is 20.3 Å². The highest BCUT2D eigenvalue weighted by Crippen LogP contribution is 1.93. The Bertz CT molecular complexity index is 223. The number of ether oxygens (including phenoxy) is 1. The van der Waals surface area contributed by atoms with E-state index in [9.17, 15) is 14.1 Å². The molecular weight excluding hydrogens is 230 g/mol. The van der Waals surface area contributed by atoms with Crippen LogP contribution < -0.4 is 5.32 Å². The van der Waals surface area contributed by atoms with Crippen LogP contribution in [0.4, 0.5) is 0 Å². The van der Waals surface area contributed by atoms with Gasteiger partial charge in [-0.1, -0.05) is 0 Å². The number of carbonyl (C=O) groups excluding carboxylic acids is 1. The predicted molar refractivity (Wildman–Crippen MR) is 63.7 cm³/mol. The highest BCUT2D eigenvalue weighted by atomic mass is 32.2. The number of aliphatic hydroxyl groups excluding tert-OH is 1. The predicted octanol–water partition coefficient (Wildman–Crippen LogP) is -0.341. The van der Waals surface area contributed by atoms with Crippen LogP contribution >= 0.6 is 0 Å². The van der Waals surface area contributed by atoms with Crippen LogP contribution in [0.15, 0.2) is 0 Å². The summed E-state index contributed by atoms with van der Waals surface area (Å²) >= 11 is 0. The van der Waals surface area contributed by atoms with Crippen molar-refractivity contribution in [2.75, 3.05) is 31.7 Å². The van der Waals surface area contributed by atoms with Gasteiger partial charge in [-0.3, -0.25) is 9.00 Å². The second kappa shape index (κ2) is 9.74. The van der Waals surface area contributed by atoms with Gasteiger partial charge in [0.2, 0.25) is 0 Å². The SMILES string of the molecule is CCOC(=O)CC(O)CNCCCS(C)=O. The molecule has 2 N–H and O–H groups in total. The van der Waals surface area contributed by atoms with Crippen LogP contribution in [0.5, 0.6) is 0 Å². The number of carbonyl (C=O) groups is 1. The smallest absolute Gasteiger partial charge is 0.308 e. The van der Waals surface area contributed by atoms with Crippen molar-refractivity contribution in [2.45, 2.75) is 25.9 Å². The van der Waals surface area contributed by atoms with E-state index in [-0.39, 0.29) is 12.4 Å². The highest BCUT2D eigenvalue weighted by molar-refractivity contribution is 7.84. The lowest BCUT2D eigenvalue weighted by atomic mass is 10.2. The third kappa shape index (κ3) is 10.1. The Balaban J connectivity index is 3.39. The Labute approximate surface area is 99.0 Å². The lowest BCUT2D eigenvalue weighted by Gasteiger charge is -2.10. The normalized spacial score (nSPS) is 14.4. The monoisotopic (exact) mass is 251 g/mol. The standard InChI is InChI=1S/C10H21NO4S/c1-3-15-10(13)7-9(12)8-11-5-4-6-16(2)14/h9,11-12H,3-8H2,1-2H3. The molecule has 0 spiro atoms. The number of esters is 1. The summed E-state index contributed by atoms with van der Waals surface area (Å²) in [6.45, 7) is 3.11. The molecule has 0 bridgehead atoms. The van der Waals surface area contributed by atoms with Crippen molar-refractivity contribution in [1.29, 1.82) is 0 Å². The Hall–Kier alpha value is -0.460. The maximum absolute atomic E-state index is 11.0. The third-order valence-corrected chi connectivity index (χ3v) is 2.74. The van der Waals surface area contributed by atoms with E-state index in [2.05, 4.69) is 5.32 Å². The fraction of sp³-hybridized carbons (Fsp3) is 0.900. The van der Waals surface area contributed by atoms with Gasteiger partial charge in [0.05, 0.1) is 19.1 Å². The average molecular weight is 251 g/mol. The number of aliphatic hydroxyl groups is 1. The maximum Gasteiger partial charge on any atom is 0.308 e. The highest BCUT2D eigenvalue weighted by Gasteiger charge is 2.10. The lowest BCUT2D eigenvalue weighted by molar-refractivity contribution is -0.145. The van der Waals surface area contributed by atoms with Gasteiger partial charge in [-0.15, -0.1) is 0 Å². The fourth-order valence-electron chi connectivity index (χ4n) is 1.15. The molecule has 6 heteroatoms. The summed E-state index contributed by atoms with van der Waals surface area (Å²) in [5.41, 5.74) is 0. The van der Waals surface area contributed by atoms with E-state index in [4.69, 9.17) is 4.74 Å². The van der Waals surface area contributed by atoms with E-state index in [1.54, 1.807) is 13.2 Å². The second-order valence-corrected chi connectivity index (χ2v) is 5.05. The molecule has 0 aromatic rings. The van der Waals surface area contributed by atoms with Gasteiger partial charge in [0.1, 0.15) is 0 Å². The Morgan fingerprint density at radius 3 is 2.81 bits per heavy atom. The zero-order valence-corrected chi connectivity index (χ0v) is 10.7. The first-order valence-corrected chi connectivity index (χ1v) is 7.13. The van der Waals surface area contributed by atoms with Crippen molar-refractivity contribution in [3.63, 3.8) is 0 Å². The first kappa shape index (κ1) is 15.5. The second-order valence-electron chi connectivity index (χ2n) is 3.50. The molecule has 0 aliphatic rings. The van der Waals surface area contributed by atoms with Crippen molar-refractivity contribution in [3.05, 3.63) is 0 Å². The van der Waals surface area contributed by atoms with Gasteiger partial charge in [0.25, 0.3) is 0 Å². The van der Waals surface area contributed by atoms with Gasteiger partial charge < -0.3 is 15.2 Å². The van der Waals surface area contributed by atoms with E-state index in [1.807, 2.05) is 0 Å². The van der Waals surface area contributed by atoms with Gasteiger partial charge in [0.15, 0.2) is 0 Å². The molecule has 2 atom stereocenters. The number of hydrogen-bond acceptors (Lipinski definition) is 5. The molecule has 0 aromatic heterocycles. The van der Waals surface area contributed by atoms with Crippen LogP contribution in [0, 0.1) is 0 Å². The summed E-state index contributed by atoms with van der Waals surface area (Å²) in [6, 6.07) is 0. The molecule has 16 heavy (non-hydrogen) atoms. The molecule has 2 unspecified atom stereocenters. The molecule has 96 valence electrons. The summed E-state index contributed by atoms with van der Waals surface area (Å²) in [5, 5.41) is 12.4. The van der Waals surface area contributed by atoms with E-state index >= 15 is 0 Å². The minimum absolute atomic E-state index is 0.0144. The van der Waals surface area contributed by atoms with E-state index in [1.165, 1.54) is 0 Å². The summed E-state index contributed by atoms with van der Waals surface area (Å²) in [6.07, 6.45) is 1.76. The van der Waals surface area contributed by atoms with E-state index in [0.29, 0.717) is 25.4 Å². The molecule has 0 aliphatic carbocycles. The van der Waals surface area contributed by atoms with E-state index < -0.39 is 16.9 Å². The molecule has 0 aliphatic heterocycles. The van der Waals surface area contributed by atoms with Gasteiger partial charge in [-0.25, -0.2) is 0 Å². The topological polar surface area (TPSA) is 75.6 Å². The van der Waals surface area contributed by atoms with Crippen LogP contribution in [-0.4, -0.2) is 53.1 Å². The molecular formula is C10H21NO4S. The van der Waals surface area contributed by atoms with Gasteiger partial charge in [-0.2, -0.15) is 0 Å². The minimum atomic E-state index is -0.768. The zero-order chi connectivity index (χ0) is 12.4. The third-order valence-electron chi connectivity index (χ3n) is 1.87. The van der Waals surface area contributed by atoms with Crippen molar-refractivity contribution in [3.8, 4) is 0 Å². The van der Waals surface area contributed by atoms with Crippen LogP contribution in [0.2, 0.25) is 0 Å². The largest absolute Gasteiger partial charge is 0.466 e. The van der Waals surface area contributed by atoms with Crippen LogP contribution in [0.3, 0.4) is 0 Å². The molecule has 0 heterocycles. The summed E-state index contributed by atoms with van der Waals surface area (Å²) < 4.78 is 15.4. The number of rotatable bonds is 9. The molecule has 0 saturated carbocycles. The fourth-order valence-corrected chi connectivity index (χ4v) is 1.70. The average Bonchev–Trinajstić information content (AvgIpc) is 2.16. The summed E-state index contributed by atoms with van der Waals surface area (Å²) in [7, 11) is -0.768. The minimum Gasteiger partial charge on any atom is -0.466 e. The number of hydrogen-bond donors (Lipinski definition) is 2. The molecule has 0 saturated heterocycles. The number of nitrogens with one attached hydrogen (secondary N) is 1. The zero-order valence-electron chi connectivity index (χ0n) is 9.90. The Kier molecular flexibility index (Phi) is 9.46. The Morgan fingerprint density at radius 1 is 1.56 bits per heavy atom. The Morgan fingerprint density at radius 2 is 2.25 bits per heavy atom. The summed E-state index contributed by atoms with van der Waals surface area (Å²) in [4.78, 5) is 11.0. The quantitative estimate of drug-likeness (QED) is 0.433. The molecule has 0 radical (unpaired) electrons. The van der Waals surface area contributed by atoms with Gasteiger partial charge in [0, 0.05) is 29.4 Å².